The fourth-order valence-corrected chi connectivity index (χ4v) is 2.92. The molecule has 0 aliphatic carbocycles. The summed E-state index contributed by atoms with van der Waals surface area (Å²) in [5.41, 5.74) is 1.59. The number of nitrogens with one attached hydrogen (secondary N) is 1. The number of amides is 1. The topological polar surface area (TPSA) is 80.9 Å². The highest BCUT2D eigenvalue weighted by molar-refractivity contribution is 7.18. The normalized spacial score (nSPS) is 10.8. The van der Waals surface area contributed by atoms with Crippen LogP contribution in [0.15, 0.2) is 59.1 Å². The standard InChI is InChI=1S/C16H10N4O2S/c21-14(13-11-8-4-5-9-12(11)20-22-13)17-16-19-18-15(23-16)10-6-2-1-3-7-10/h1-9H,(H,17,19,21). The van der Waals surface area contributed by atoms with E-state index in [-0.39, 0.29) is 5.76 Å². The number of carbonyl (C=O) groups excluding carboxylic acids is 1. The number of aromatic nitrogens is 3. The Hall–Kier alpha value is -3.06. The van der Waals surface area contributed by atoms with E-state index in [2.05, 4.69) is 20.7 Å². The van der Waals surface area contributed by atoms with Crippen molar-refractivity contribution in [2.24, 2.45) is 0 Å². The summed E-state index contributed by atoms with van der Waals surface area (Å²) in [6.07, 6.45) is 0. The minimum Gasteiger partial charge on any atom is -0.350 e. The van der Waals surface area contributed by atoms with E-state index in [1.807, 2.05) is 42.5 Å². The number of anilines is 1. The van der Waals surface area contributed by atoms with Crippen molar-refractivity contribution >= 4 is 33.3 Å². The Morgan fingerprint density at radius 1 is 1.00 bits per heavy atom. The average molecular weight is 322 g/mol. The maximum absolute atomic E-state index is 12.3. The molecule has 23 heavy (non-hydrogen) atoms. The van der Waals surface area contributed by atoms with Gasteiger partial charge in [0.15, 0.2) is 0 Å². The minimum absolute atomic E-state index is 0.164. The fourth-order valence-electron chi connectivity index (χ4n) is 2.18. The molecule has 2 aromatic heterocycles. The van der Waals surface area contributed by atoms with Gasteiger partial charge in [-0.25, -0.2) is 0 Å². The highest BCUT2D eigenvalue weighted by Gasteiger charge is 2.18. The second kappa shape index (κ2) is 5.62. The van der Waals surface area contributed by atoms with Crippen LogP contribution in [0.4, 0.5) is 5.13 Å². The Balaban J connectivity index is 1.59. The van der Waals surface area contributed by atoms with Crippen LogP contribution in [0.2, 0.25) is 0 Å². The van der Waals surface area contributed by atoms with E-state index in [9.17, 15) is 4.79 Å². The number of hydrogen-bond acceptors (Lipinski definition) is 6. The van der Waals surface area contributed by atoms with Gasteiger partial charge in [-0.05, 0) is 12.1 Å². The SMILES string of the molecule is O=C(Nc1nnc(-c2ccccc2)s1)c1onc2ccccc12. The molecule has 0 spiro atoms. The van der Waals surface area contributed by atoms with Crippen molar-refractivity contribution in [2.45, 2.75) is 0 Å². The summed E-state index contributed by atoms with van der Waals surface area (Å²) in [6, 6.07) is 16.9. The molecule has 2 aromatic carbocycles. The molecule has 0 saturated heterocycles. The summed E-state index contributed by atoms with van der Waals surface area (Å²) < 4.78 is 5.13. The summed E-state index contributed by atoms with van der Waals surface area (Å²) in [5.74, 6) is -0.230. The third-order valence-electron chi connectivity index (χ3n) is 3.26. The lowest BCUT2D eigenvalue weighted by atomic mass is 10.2. The number of fused-ring (bicyclic) bond motifs is 1. The highest BCUT2D eigenvalue weighted by Crippen LogP contribution is 2.27. The van der Waals surface area contributed by atoms with Crippen LogP contribution in [0.1, 0.15) is 10.6 Å². The third-order valence-corrected chi connectivity index (χ3v) is 4.14. The van der Waals surface area contributed by atoms with E-state index in [4.69, 9.17) is 4.52 Å². The van der Waals surface area contributed by atoms with Gasteiger partial charge in [-0.15, -0.1) is 10.2 Å². The third kappa shape index (κ3) is 2.58. The van der Waals surface area contributed by atoms with Gasteiger partial charge in [-0.3, -0.25) is 10.1 Å². The quantitative estimate of drug-likeness (QED) is 0.623. The molecule has 0 aliphatic heterocycles. The minimum atomic E-state index is -0.394. The second-order valence-corrected chi connectivity index (χ2v) is 5.74. The van der Waals surface area contributed by atoms with Crippen molar-refractivity contribution in [3.05, 3.63) is 60.4 Å². The van der Waals surface area contributed by atoms with Gasteiger partial charge in [-0.1, -0.05) is 59.0 Å². The lowest BCUT2D eigenvalue weighted by Crippen LogP contribution is -2.11. The fraction of sp³-hybridized carbons (Fsp3) is 0. The van der Waals surface area contributed by atoms with Crippen LogP contribution < -0.4 is 5.32 Å². The first-order chi connectivity index (χ1) is 11.3. The van der Waals surface area contributed by atoms with Crippen molar-refractivity contribution in [1.82, 2.24) is 15.4 Å². The van der Waals surface area contributed by atoms with Gasteiger partial charge < -0.3 is 4.52 Å². The zero-order valence-electron chi connectivity index (χ0n) is 11.8. The van der Waals surface area contributed by atoms with Crippen molar-refractivity contribution in [2.75, 3.05) is 5.32 Å². The van der Waals surface area contributed by atoms with E-state index in [0.717, 1.165) is 10.6 Å². The van der Waals surface area contributed by atoms with Gasteiger partial charge in [0.1, 0.15) is 10.5 Å². The molecule has 0 atom stereocenters. The molecule has 112 valence electrons. The molecule has 0 aliphatic rings. The lowest BCUT2D eigenvalue weighted by molar-refractivity contribution is 0.0990. The lowest BCUT2D eigenvalue weighted by Gasteiger charge is -1.96. The molecule has 0 unspecified atom stereocenters. The smallest absolute Gasteiger partial charge is 0.296 e. The first-order valence-corrected chi connectivity index (χ1v) is 7.67. The van der Waals surface area contributed by atoms with Gasteiger partial charge >= 0.3 is 0 Å². The maximum atomic E-state index is 12.3. The van der Waals surface area contributed by atoms with Crippen LogP contribution in [0, 0.1) is 0 Å². The molecule has 0 saturated carbocycles. The first kappa shape index (κ1) is 13.6. The van der Waals surface area contributed by atoms with Crippen molar-refractivity contribution in [3.8, 4) is 10.6 Å². The van der Waals surface area contributed by atoms with E-state index < -0.39 is 5.91 Å². The van der Waals surface area contributed by atoms with E-state index in [0.29, 0.717) is 16.0 Å². The molecule has 0 bridgehead atoms. The maximum Gasteiger partial charge on any atom is 0.296 e. The summed E-state index contributed by atoms with van der Waals surface area (Å²) in [6.45, 7) is 0. The van der Waals surface area contributed by atoms with E-state index >= 15 is 0 Å². The number of nitrogens with zero attached hydrogens (tertiary/aromatic N) is 3. The van der Waals surface area contributed by atoms with Crippen molar-refractivity contribution in [1.29, 1.82) is 0 Å². The Kier molecular flexibility index (Phi) is 3.32. The molecule has 4 rings (SSSR count). The Morgan fingerprint density at radius 3 is 2.65 bits per heavy atom. The van der Waals surface area contributed by atoms with Gasteiger partial charge in [0.05, 0.1) is 5.39 Å². The Morgan fingerprint density at radius 2 is 1.78 bits per heavy atom. The number of carbonyl (C=O) groups is 1. The highest BCUT2D eigenvalue weighted by atomic mass is 32.1. The summed E-state index contributed by atoms with van der Waals surface area (Å²) in [4.78, 5) is 12.3. The Labute approximate surface area is 134 Å². The zero-order chi connectivity index (χ0) is 15.6. The van der Waals surface area contributed by atoms with Gasteiger partial charge in [0.25, 0.3) is 5.91 Å². The van der Waals surface area contributed by atoms with Crippen LogP contribution in [0.25, 0.3) is 21.5 Å². The van der Waals surface area contributed by atoms with E-state index in [1.54, 1.807) is 12.1 Å². The zero-order valence-corrected chi connectivity index (χ0v) is 12.6. The van der Waals surface area contributed by atoms with Crippen LogP contribution in [-0.2, 0) is 0 Å². The molecule has 0 radical (unpaired) electrons. The molecule has 6 nitrogen and oxygen atoms in total. The molecule has 4 aromatic rings. The van der Waals surface area contributed by atoms with Crippen molar-refractivity contribution in [3.63, 3.8) is 0 Å². The van der Waals surface area contributed by atoms with E-state index in [1.165, 1.54) is 11.3 Å². The summed E-state index contributed by atoms with van der Waals surface area (Å²) in [7, 11) is 0. The summed E-state index contributed by atoms with van der Waals surface area (Å²) >= 11 is 1.30. The predicted octanol–water partition coefficient (Wildman–Crippen LogP) is 3.60. The number of rotatable bonds is 3. The molecular formula is C16H10N4O2S. The second-order valence-electron chi connectivity index (χ2n) is 4.76. The average Bonchev–Trinajstić information content (AvgIpc) is 3.22. The monoisotopic (exact) mass is 322 g/mol. The molecule has 7 heteroatoms. The van der Waals surface area contributed by atoms with Crippen LogP contribution in [0.5, 0.6) is 0 Å². The largest absolute Gasteiger partial charge is 0.350 e. The van der Waals surface area contributed by atoms with Gasteiger partial charge in [0, 0.05) is 5.56 Å². The van der Waals surface area contributed by atoms with Crippen molar-refractivity contribution < 1.29 is 9.32 Å². The number of hydrogen-bond donors (Lipinski definition) is 1. The number of benzene rings is 2. The predicted molar refractivity (Wildman–Crippen MR) is 87.3 cm³/mol. The van der Waals surface area contributed by atoms with Crippen LogP contribution in [0.3, 0.4) is 0 Å². The molecule has 1 amide bonds. The molecule has 2 heterocycles. The summed E-state index contributed by atoms with van der Waals surface area (Å²) in [5, 5.41) is 16.5. The van der Waals surface area contributed by atoms with Gasteiger partial charge in [-0.2, -0.15) is 0 Å². The van der Waals surface area contributed by atoms with Gasteiger partial charge in [0.2, 0.25) is 10.9 Å². The molecule has 1 N–H and O–H groups in total. The Bertz CT molecular complexity index is 978. The first-order valence-electron chi connectivity index (χ1n) is 6.86. The molecular weight excluding hydrogens is 312 g/mol. The molecule has 0 fully saturated rings. The van der Waals surface area contributed by atoms with Crippen LogP contribution in [-0.4, -0.2) is 21.3 Å². The van der Waals surface area contributed by atoms with Crippen LogP contribution >= 0.6 is 11.3 Å².